The molecule has 120 valence electrons. The fourth-order valence-electron chi connectivity index (χ4n) is 1.99. The molecule has 1 atom stereocenters. The van der Waals surface area contributed by atoms with Gasteiger partial charge in [-0.2, -0.15) is 0 Å². The van der Waals surface area contributed by atoms with E-state index in [9.17, 15) is 4.79 Å². The highest BCUT2D eigenvalue weighted by Crippen LogP contribution is 2.07. The molecule has 0 saturated heterocycles. The summed E-state index contributed by atoms with van der Waals surface area (Å²) >= 11 is 0. The zero-order chi connectivity index (χ0) is 15.8. The second kappa shape index (κ2) is 15.1. The van der Waals surface area contributed by atoms with Gasteiger partial charge in [-0.3, -0.25) is 4.79 Å². The number of aliphatic carboxylic acids is 1. The molecule has 21 heavy (non-hydrogen) atoms. The van der Waals surface area contributed by atoms with Crippen LogP contribution in [0.5, 0.6) is 0 Å². The summed E-state index contributed by atoms with van der Waals surface area (Å²) in [5, 5.41) is 8.52. The fraction of sp³-hybridized carbons (Fsp3) is 0.632. The van der Waals surface area contributed by atoms with Crippen molar-refractivity contribution in [2.75, 3.05) is 0 Å². The lowest BCUT2D eigenvalue weighted by Crippen LogP contribution is -1.92. The first-order valence-corrected chi connectivity index (χ1v) is 8.37. The first kappa shape index (κ1) is 19.7. The molecule has 0 saturated carbocycles. The Morgan fingerprint density at radius 3 is 2.43 bits per heavy atom. The third-order valence-corrected chi connectivity index (χ3v) is 3.35. The molecule has 2 heteroatoms. The zero-order valence-electron chi connectivity index (χ0n) is 13.8. The van der Waals surface area contributed by atoms with Gasteiger partial charge in [0.05, 0.1) is 0 Å². The molecule has 0 fully saturated rings. The lowest BCUT2D eigenvalue weighted by Gasteiger charge is -2.00. The second-order valence-corrected chi connectivity index (χ2v) is 5.63. The third kappa shape index (κ3) is 16.6. The van der Waals surface area contributed by atoms with Crippen molar-refractivity contribution in [2.24, 2.45) is 5.92 Å². The summed E-state index contributed by atoms with van der Waals surface area (Å²) < 4.78 is 0. The van der Waals surface area contributed by atoms with Crippen molar-refractivity contribution in [3.05, 3.63) is 36.5 Å². The lowest BCUT2D eigenvalue weighted by molar-refractivity contribution is -0.137. The molecule has 0 aliphatic rings. The minimum Gasteiger partial charge on any atom is -0.481 e. The van der Waals surface area contributed by atoms with Gasteiger partial charge < -0.3 is 5.11 Å². The molecular weight excluding hydrogens is 260 g/mol. The third-order valence-electron chi connectivity index (χ3n) is 3.35. The molecule has 0 aliphatic carbocycles. The Bertz CT molecular complexity index is 326. The Hall–Kier alpha value is -1.31. The molecule has 0 aliphatic heterocycles. The fourth-order valence-corrected chi connectivity index (χ4v) is 1.99. The molecule has 0 heterocycles. The van der Waals surface area contributed by atoms with Crippen molar-refractivity contribution in [1.29, 1.82) is 0 Å². The maximum Gasteiger partial charge on any atom is 0.303 e. The van der Waals surface area contributed by atoms with E-state index in [4.69, 9.17) is 5.11 Å². The van der Waals surface area contributed by atoms with E-state index >= 15 is 0 Å². The molecule has 0 bridgehead atoms. The maximum absolute atomic E-state index is 10.3. The van der Waals surface area contributed by atoms with Crippen LogP contribution in [0.15, 0.2) is 36.5 Å². The summed E-state index contributed by atoms with van der Waals surface area (Å²) in [5.41, 5.74) is 0. The van der Waals surface area contributed by atoms with Crippen molar-refractivity contribution < 1.29 is 9.90 Å². The van der Waals surface area contributed by atoms with Crippen LogP contribution in [0.4, 0.5) is 0 Å². The Kier molecular flexibility index (Phi) is 14.1. The number of unbranched alkanes of at least 4 members (excludes halogenated alkanes) is 5. The molecule has 0 amide bonds. The van der Waals surface area contributed by atoms with Crippen LogP contribution < -0.4 is 0 Å². The number of allylic oxidation sites excluding steroid dienone is 6. The van der Waals surface area contributed by atoms with E-state index < -0.39 is 5.97 Å². The van der Waals surface area contributed by atoms with Gasteiger partial charge in [-0.15, -0.1) is 0 Å². The maximum atomic E-state index is 10.3. The molecule has 0 radical (unpaired) electrons. The predicted octanol–water partition coefficient (Wildman–Crippen LogP) is 5.91. The van der Waals surface area contributed by atoms with Crippen molar-refractivity contribution in [3.8, 4) is 0 Å². The van der Waals surface area contributed by atoms with Gasteiger partial charge in [0, 0.05) is 6.42 Å². The van der Waals surface area contributed by atoms with Crippen LogP contribution in [0.1, 0.15) is 71.6 Å². The molecule has 0 spiro atoms. The monoisotopic (exact) mass is 292 g/mol. The van der Waals surface area contributed by atoms with Gasteiger partial charge in [-0.1, -0.05) is 63.1 Å². The Balaban J connectivity index is 3.55. The lowest BCUT2D eigenvalue weighted by atomic mass is 10.1. The van der Waals surface area contributed by atoms with Crippen molar-refractivity contribution in [1.82, 2.24) is 0 Å². The van der Waals surface area contributed by atoms with E-state index in [0.29, 0.717) is 5.92 Å². The van der Waals surface area contributed by atoms with Gasteiger partial charge >= 0.3 is 5.97 Å². The highest BCUT2D eigenvalue weighted by atomic mass is 16.4. The number of carboxylic acid groups (broad SMARTS) is 1. The van der Waals surface area contributed by atoms with E-state index in [1.54, 1.807) is 0 Å². The Morgan fingerprint density at radius 2 is 1.71 bits per heavy atom. The van der Waals surface area contributed by atoms with Crippen molar-refractivity contribution >= 4 is 5.97 Å². The quantitative estimate of drug-likeness (QED) is 0.260. The number of rotatable bonds is 13. The smallest absolute Gasteiger partial charge is 0.303 e. The predicted molar refractivity (Wildman–Crippen MR) is 91.4 cm³/mol. The minimum absolute atomic E-state index is 0.289. The molecule has 2 nitrogen and oxygen atoms in total. The summed E-state index contributed by atoms with van der Waals surface area (Å²) in [6.45, 7) is 4.45. The van der Waals surface area contributed by atoms with E-state index in [1.165, 1.54) is 25.7 Å². The summed E-state index contributed by atoms with van der Waals surface area (Å²) in [4.78, 5) is 10.3. The van der Waals surface area contributed by atoms with E-state index in [1.807, 2.05) is 0 Å². The topological polar surface area (TPSA) is 37.3 Å². The molecule has 0 rings (SSSR count). The van der Waals surface area contributed by atoms with Gasteiger partial charge in [0.15, 0.2) is 0 Å². The van der Waals surface area contributed by atoms with Gasteiger partial charge in [0.25, 0.3) is 0 Å². The Labute approximate surface area is 130 Å². The van der Waals surface area contributed by atoms with E-state index in [0.717, 1.165) is 25.7 Å². The van der Waals surface area contributed by atoms with Crippen LogP contribution in [0, 0.1) is 5.92 Å². The van der Waals surface area contributed by atoms with Gasteiger partial charge in [-0.05, 0) is 44.4 Å². The van der Waals surface area contributed by atoms with Crippen molar-refractivity contribution in [3.63, 3.8) is 0 Å². The number of hydrogen-bond acceptors (Lipinski definition) is 1. The number of carboxylic acids is 1. The Morgan fingerprint density at radius 1 is 1.00 bits per heavy atom. The van der Waals surface area contributed by atoms with Crippen LogP contribution in [0.2, 0.25) is 0 Å². The van der Waals surface area contributed by atoms with Crippen LogP contribution in [-0.4, -0.2) is 11.1 Å². The summed E-state index contributed by atoms with van der Waals surface area (Å²) in [6, 6.07) is 0. The van der Waals surface area contributed by atoms with Crippen LogP contribution in [-0.2, 0) is 4.79 Å². The van der Waals surface area contributed by atoms with Gasteiger partial charge in [-0.25, -0.2) is 0 Å². The minimum atomic E-state index is -0.694. The highest BCUT2D eigenvalue weighted by Gasteiger charge is 1.95. The molecule has 0 aromatic rings. The zero-order valence-corrected chi connectivity index (χ0v) is 13.8. The second-order valence-electron chi connectivity index (χ2n) is 5.63. The molecule has 0 aromatic heterocycles. The molecule has 0 aromatic carbocycles. The van der Waals surface area contributed by atoms with Crippen molar-refractivity contribution in [2.45, 2.75) is 71.6 Å². The highest BCUT2D eigenvalue weighted by molar-refractivity contribution is 5.66. The molecule has 1 unspecified atom stereocenters. The van der Waals surface area contributed by atoms with Crippen LogP contribution >= 0.6 is 0 Å². The summed E-state index contributed by atoms with van der Waals surface area (Å²) in [5.74, 6) is -0.138. The molecule has 1 N–H and O–H groups in total. The van der Waals surface area contributed by atoms with E-state index in [-0.39, 0.29) is 6.42 Å². The SMILES string of the molecule is CCCCC/C=C\C=C\C(C)C/C=C\CCCCC(=O)O. The van der Waals surface area contributed by atoms with E-state index in [2.05, 4.69) is 50.3 Å². The van der Waals surface area contributed by atoms with Crippen LogP contribution in [0.3, 0.4) is 0 Å². The average Bonchev–Trinajstić information content (AvgIpc) is 2.45. The van der Waals surface area contributed by atoms with Gasteiger partial charge in [0.1, 0.15) is 0 Å². The summed E-state index contributed by atoms with van der Waals surface area (Å²) in [7, 11) is 0. The first-order chi connectivity index (χ1) is 10.2. The summed E-state index contributed by atoms with van der Waals surface area (Å²) in [6.07, 6.45) is 22.3. The van der Waals surface area contributed by atoms with Gasteiger partial charge in [0.2, 0.25) is 0 Å². The molecular formula is C19H32O2. The normalized spacial score (nSPS) is 13.6. The standard InChI is InChI=1S/C19H32O2/c1-3-4-5-6-7-9-12-15-18(2)16-13-10-8-11-14-17-19(20)21/h7,9-10,12-13,15,18H,3-6,8,11,14,16-17H2,1-2H3,(H,20,21)/b9-7-,13-10-,15-12+. The van der Waals surface area contributed by atoms with Crippen LogP contribution in [0.25, 0.3) is 0 Å². The number of carbonyl (C=O) groups is 1. The largest absolute Gasteiger partial charge is 0.481 e. The number of hydrogen-bond donors (Lipinski definition) is 1. The first-order valence-electron chi connectivity index (χ1n) is 8.37. The average molecular weight is 292 g/mol.